The number of carbonyl (C=O) groups is 1. The Labute approximate surface area is 79.1 Å². The summed E-state index contributed by atoms with van der Waals surface area (Å²) in [6.45, 7) is 5.47. The van der Waals surface area contributed by atoms with Gasteiger partial charge in [-0.3, -0.25) is 4.79 Å². The van der Waals surface area contributed by atoms with Crippen LogP contribution in [0.15, 0.2) is 0 Å². The van der Waals surface area contributed by atoms with E-state index in [1.165, 1.54) is 0 Å². The first-order valence-corrected chi connectivity index (χ1v) is 4.21. The third kappa shape index (κ3) is 4.54. The minimum atomic E-state index is -0.815. The number of hydrogen-bond donors (Lipinski definition) is 1. The van der Waals surface area contributed by atoms with Gasteiger partial charge in [0.15, 0.2) is 0 Å². The summed E-state index contributed by atoms with van der Waals surface area (Å²) < 4.78 is 5.18. The number of rotatable bonds is 5. The number of ether oxygens (including phenoxy) is 1. The summed E-state index contributed by atoms with van der Waals surface area (Å²) >= 11 is 0. The smallest absolute Gasteiger partial charge is 0.309 e. The molecule has 1 atom stereocenters. The fourth-order valence-corrected chi connectivity index (χ4v) is 0.646. The second-order valence-electron chi connectivity index (χ2n) is 3.62. The molecule has 0 saturated heterocycles. The van der Waals surface area contributed by atoms with Crippen molar-refractivity contribution in [3.8, 4) is 12.3 Å². The molecule has 0 aromatic rings. The van der Waals surface area contributed by atoms with Crippen LogP contribution in [0.5, 0.6) is 0 Å². The number of carboxylic acids is 1. The van der Waals surface area contributed by atoms with Crippen LogP contribution in [0.2, 0.25) is 0 Å². The molecular formula is C10H16O3. The maximum Gasteiger partial charge on any atom is 0.309 e. The lowest BCUT2D eigenvalue weighted by molar-refractivity contribution is -0.148. The Hall–Kier alpha value is -1.01. The van der Waals surface area contributed by atoms with Gasteiger partial charge in [0.1, 0.15) is 6.10 Å². The molecule has 0 bridgehead atoms. The molecule has 1 unspecified atom stereocenters. The zero-order valence-corrected chi connectivity index (χ0v) is 8.33. The second-order valence-corrected chi connectivity index (χ2v) is 3.62. The lowest BCUT2D eigenvalue weighted by atomic mass is 9.90. The van der Waals surface area contributed by atoms with Gasteiger partial charge in [-0.1, -0.05) is 5.92 Å². The van der Waals surface area contributed by atoms with Crippen molar-refractivity contribution in [3.63, 3.8) is 0 Å². The van der Waals surface area contributed by atoms with Gasteiger partial charge in [0.05, 0.1) is 5.41 Å². The molecule has 0 radical (unpaired) electrons. The Balaban J connectivity index is 3.78. The van der Waals surface area contributed by atoms with Gasteiger partial charge in [0, 0.05) is 6.61 Å². The molecule has 74 valence electrons. The fraction of sp³-hybridized carbons (Fsp3) is 0.700. The minimum absolute atomic E-state index is 0.246. The molecule has 3 nitrogen and oxygen atoms in total. The van der Waals surface area contributed by atoms with Gasteiger partial charge >= 0.3 is 5.97 Å². The zero-order valence-electron chi connectivity index (χ0n) is 8.33. The maximum atomic E-state index is 10.7. The highest BCUT2D eigenvalue weighted by Gasteiger charge is 2.26. The SMILES string of the molecule is C#CC(C)OCCC(C)(C)C(=O)O. The third-order valence-electron chi connectivity index (χ3n) is 1.91. The van der Waals surface area contributed by atoms with Crippen molar-refractivity contribution in [1.82, 2.24) is 0 Å². The molecule has 0 aliphatic rings. The van der Waals surface area contributed by atoms with E-state index in [4.69, 9.17) is 16.3 Å². The molecule has 0 spiro atoms. The Morgan fingerprint density at radius 3 is 2.62 bits per heavy atom. The number of aliphatic carboxylic acids is 1. The predicted molar refractivity (Wildman–Crippen MR) is 50.3 cm³/mol. The van der Waals surface area contributed by atoms with E-state index in [1.54, 1.807) is 20.8 Å². The lowest BCUT2D eigenvalue weighted by Crippen LogP contribution is -2.26. The van der Waals surface area contributed by atoms with Gasteiger partial charge < -0.3 is 9.84 Å². The average molecular weight is 184 g/mol. The van der Waals surface area contributed by atoms with Crippen molar-refractivity contribution in [1.29, 1.82) is 0 Å². The van der Waals surface area contributed by atoms with E-state index in [0.29, 0.717) is 13.0 Å². The number of carboxylic acid groups (broad SMARTS) is 1. The first-order valence-electron chi connectivity index (χ1n) is 4.21. The molecule has 0 fully saturated rings. The average Bonchev–Trinajstić information content (AvgIpc) is 2.03. The first-order chi connectivity index (χ1) is 5.90. The molecule has 0 aliphatic heterocycles. The Bertz CT molecular complexity index is 213. The number of terminal acetylenes is 1. The quantitative estimate of drug-likeness (QED) is 0.659. The van der Waals surface area contributed by atoms with Crippen molar-refractivity contribution in [2.24, 2.45) is 5.41 Å². The van der Waals surface area contributed by atoms with Crippen LogP contribution < -0.4 is 0 Å². The van der Waals surface area contributed by atoms with Crippen molar-refractivity contribution >= 4 is 5.97 Å². The molecule has 0 heterocycles. The van der Waals surface area contributed by atoms with Crippen LogP contribution in [0, 0.1) is 17.8 Å². The summed E-state index contributed by atoms with van der Waals surface area (Å²) in [6.07, 6.45) is 5.31. The van der Waals surface area contributed by atoms with Crippen LogP contribution in [0.25, 0.3) is 0 Å². The van der Waals surface area contributed by atoms with Gasteiger partial charge in [0.25, 0.3) is 0 Å². The topological polar surface area (TPSA) is 46.5 Å². The summed E-state index contributed by atoms with van der Waals surface area (Å²) in [6, 6.07) is 0. The van der Waals surface area contributed by atoms with Crippen molar-refractivity contribution in [3.05, 3.63) is 0 Å². The van der Waals surface area contributed by atoms with E-state index in [1.807, 2.05) is 0 Å². The minimum Gasteiger partial charge on any atom is -0.481 e. The molecule has 0 aromatic carbocycles. The van der Waals surface area contributed by atoms with Crippen molar-refractivity contribution in [2.45, 2.75) is 33.3 Å². The molecule has 0 saturated carbocycles. The van der Waals surface area contributed by atoms with Gasteiger partial charge in [0.2, 0.25) is 0 Å². The Kier molecular flexibility index (Phi) is 4.50. The standard InChI is InChI=1S/C10H16O3/c1-5-8(2)13-7-6-10(3,4)9(11)12/h1,8H,6-7H2,2-4H3,(H,11,12). The lowest BCUT2D eigenvalue weighted by Gasteiger charge is -2.19. The summed E-state index contributed by atoms with van der Waals surface area (Å²) in [7, 11) is 0. The molecule has 1 N–H and O–H groups in total. The van der Waals surface area contributed by atoms with E-state index >= 15 is 0 Å². The van der Waals surface area contributed by atoms with E-state index < -0.39 is 11.4 Å². The van der Waals surface area contributed by atoms with Crippen LogP contribution in [-0.4, -0.2) is 23.8 Å². The van der Waals surface area contributed by atoms with E-state index in [2.05, 4.69) is 5.92 Å². The highest BCUT2D eigenvalue weighted by molar-refractivity contribution is 5.73. The predicted octanol–water partition coefficient (Wildman–Crippen LogP) is 1.53. The maximum absolute atomic E-state index is 10.7. The third-order valence-corrected chi connectivity index (χ3v) is 1.91. The first kappa shape index (κ1) is 12.0. The molecule has 0 aromatic heterocycles. The molecular weight excluding hydrogens is 168 g/mol. The normalized spacial score (nSPS) is 13.4. The van der Waals surface area contributed by atoms with E-state index in [-0.39, 0.29) is 6.10 Å². The van der Waals surface area contributed by atoms with Gasteiger partial charge in [-0.15, -0.1) is 6.42 Å². The molecule has 13 heavy (non-hydrogen) atoms. The summed E-state index contributed by atoms with van der Waals surface area (Å²) in [4.78, 5) is 10.7. The Morgan fingerprint density at radius 1 is 1.69 bits per heavy atom. The van der Waals surface area contributed by atoms with Crippen molar-refractivity contribution < 1.29 is 14.6 Å². The molecule has 0 aliphatic carbocycles. The van der Waals surface area contributed by atoms with E-state index in [0.717, 1.165) is 0 Å². The van der Waals surface area contributed by atoms with Crippen LogP contribution in [-0.2, 0) is 9.53 Å². The van der Waals surface area contributed by atoms with Crippen molar-refractivity contribution in [2.75, 3.05) is 6.61 Å². The Morgan fingerprint density at radius 2 is 2.23 bits per heavy atom. The molecule has 0 rings (SSSR count). The monoisotopic (exact) mass is 184 g/mol. The van der Waals surface area contributed by atoms with Gasteiger partial charge in [-0.05, 0) is 27.2 Å². The van der Waals surface area contributed by atoms with Crippen LogP contribution >= 0.6 is 0 Å². The van der Waals surface area contributed by atoms with Crippen LogP contribution in [0.1, 0.15) is 27.2 Å². The fourth-order valence-electron chi connectivity index (χ4n) is 0.646. The van der Waals surface area contributed by atoms with Gasteiger partial charge in [-0.2, -0.15) is 0 Å². The highest BCUT2D eigenvalue weighted by Crippen LogP contribution is 2.20. The van der Waals surface area contributed by atoms with Crippen LogP contribution in [0.4, 0.5) is 0 Å². The zero-order chi connectivity index (χ0) is 10.5. The van der Waals surface area contributed by atoms with Crippen LogP contribution in [0.3, 0.4) is 0 Å². The summed E-state index contributed by atoms with van der Waals surface area (Å²) in [5.74, 6) is 1.60. The molecule has 3 heteroatoms. The van der Waals surface area contributed by atoms with Gasteiger partial charge in [-0.25, -0.2) is 0 Å². The molecule has 0 amide bonds. The largest absolute Gasteiger partial charge is 0.481 e. The summed E-state index contributed by atoms with van der Waals surface area (Å²) in [5.41, 5.74) is -0.742. The van der Waals surface area contributed by atoms with E-state index in [9.17, 15) is 4.79 Å². The number of hydrogen-bond acceptors (Lipinski definition) is 2. The summed E-state index contributed by atoms with van der Waals surface area (Å²) in [5, 5.41) is 8.77. The highest BCUT2D eigenvalue weighted by atomic mass is 16.5. The second kappa shape index (κ2) is 4.88.